The normalized spacial score (nSPS) is 19.0. The van der Waals surface area contributed by atoms with Gasteiger partial charge in [-0.2, -0.15) is 0 Å². The van der Waals surface area contributed by atoms with Gasteiger partial charge in [-0.3, -0.25) is 14.6 Å². The summed E-state index contributed by atoms with van der Waals surface area (Å²) in [6.07, 6.45) is 1.86. The summed E-state index contributed by atoms with van der Waals surface area (Å²) < 4.78 is 6.95. The summed E-state index contributed by atoms with van der Waals surface area (Å²) in [4.78, 5) is 30.4. The van der Waals surface area contributed by atoms with Gasteiger partial charge in [-0.25, -0.2) is 4.68 Å². The first-order valence-corrected chi connectivity index (χ1v) is 9.31. The number of hydrogen-bond acceptors (Lipinski definition) is 6. The van der Waals surface area contributed by atoms with Crippen molar-refractivity contribution in [2.24, 2.45) is 0 Å². The Labute approximate surface area is 166 Å². The number of ether oxygens (including phenoxy) is 1. The zero-order valence-electron chi connectivity index (χ0n) is 16.1. The van der Waals surface area contributed by atoms with Crippen LogP contribution in [0.2, 0.25) is 0 Å². The van der Waals surface area contributed by atoms with E-state index in [0.717, 1.165) is 16.6 Å². The number of likely N-dealkylation sites (tertiary alicyclic amines) is 1. The Kier molecular flexibility index (Phi) is 4.98. The predicted molar refractivity (Wildman–Crippen MR) is 104 cm³/mol. The van der Waals surface area contributed by atoms with E-state index in [4.69, 9.17) is 4.74 Å². The molecule has 1 aliphatic heterocycles. The van der Waals surface area contributed by atoms with Crippen LogP contribution >= 0.6 is 0 Å². The van der Waals surface area contributed by atoms with Crippen LogP contribution < -0.4 is 0 Å². The van der Waals surface area contributed by atoms with Gasteiger partial charge in [-0.1, -0.05) is 23.4 Å². The van der Waals surface area contributed by atoms with Gasteiger partial charge in [0.05, 0.1) is 29.4 Å². The zero-order chi connectivity index (χ0) is 20.5. The van der Waals surface area contributed by atoms with E-state index in [1.807, 2.05) is 30.3 Å². The summed E-state index contributed by atoms with van der Waals surface area (Å²) in [6.45, 7) is 2.10. The fourth-order valence-electron chi connectivity index (χ4n) is 3.84. The van der Waals surface area contributed by atoms with Gasteiger partial charge in [0.1, 0.15) is 0 Å². The molecule has 2 atom stereocenters. The van der Waals surface area contributed by atoms with Crippen LogP contribution in [-0.2, 0) is 9.53 Å². The predicted octanol–water partition coefficient (Wildman–Crippen LogP) is 1.83. The van der Waals surface area contributed by atoms with Crippen molar-refractivity contribution in [1.29, 1.82) is 0 Å². The van der Waals surface area contributed by atoms with Gasteiger partial charge in [0, 0.05) is 31.3 Å². The molecule has 2 unspecified atom stereocenters. The van der Waals surface area contributed by atoms with Gasteiger partial charge in [-0.05, 0) is 25.5 Å². The number of nitrogens with zero attached hydrogens (tertiary/aromatic N) is 5. The van der Waals surface area contributed by atoms with Gasteiger partial charge in [0.2, 0.25) is 0 Å². The van der Waals surface area contributed by atoms with E-state index < -0.39 is 12.0 Å². The number of aromatic nitrogens is 4. The maximum absolute atomic E-state index is 13.2. The van der Waals surface area contributed by atoms with Gasteiger partial charge >= 0.3 is 5.97 Å². The average molecular weight is 395 g/mol. The van der Waals surface area contributed by atoms with Crippen LogP contribution in [0.15, 0.2) is 36.5 Å². The van der Waals surface area contributed by atoms with Gasteiger partial charge in [-0.15, -0.1) is 5.10 Å². The molecule has 150 valence electrons. The molecule has 1 aliphatic rings. The summed E-state index contributed by atoms with van der Waals surface area (Å²) in [7, 11) is 1.56. The average Bonchev–Trinajstić information content (AvgIpc) is 3.30. The summed E-state index contributed by atoms with van der Waals surface area (Å²) >= 11 is 0. The van der Waals surface area contributed by atoms with Crippen molar-refractivity contribution in [3.05, 3.63) is 47.9 Å². The Morgan fingerprint density at radius 3 is 2.83 bits per heavy atom. The maximum Gasteiger partial charge on any atom is 0.305 e. The molecule has 2 aromatic heterocycles. The number of rotatable bonds is 5. The summed E-state index contributed by atoms with van der Waals surface area (Å²) in [5, 5.41) is 18.4. The molecule has 1 fully saturated rings. The van der Waals surface area contributed by atoms with E-state index in [2.05, 4.69) is 15.3 Å². The monoisotopic (exact) mass is 395 g/mol. The van der Waals surface area contributed by atoms with Crippen molar-refractivity contribution in [3.63, 3.8) is 0 Å². The molecule has 1 amide bonds. The topological polar surface area (TPSA) is 110 Å². The second-order valence-corrected chi connectivity index (χ2v) is 7.09. The number of pyridine rings is 1. The van der Waals surface area contributed by atoms with Crippen molar-refractivity contribution in [2.45, 2.75) is 31.9 Å². The van der Waals surface area contributed by atoms with Crippen LogP contribution in [0.3, 0.4) is 0 Å². The number of benzene rings is 1. The molecular formula is C20H21N5O4. The van der Waals surface area contributed by atoms with Crippen LogP contribution in [0.4, 0.5) is 0 Å². The fraction of sp³-hybridized carbons (Fsp3) is 0.350. The highest BCUT2D eigenvalue weighted by Gasteiger charge is 2.38. The molecular weight excluding hydrogens is 374 g/mol. The number of hydrogen-bond donors (Lipinski definition) is 1. The third-order valence-electron chi connectivity index (χ3n) is 5.32. The lowest BCUT2D eigenvalue weighted by Crippen LogP contribution is -2.38. The van der Waals surface area contributed by atoms with E-state index in [9.17, 15) is 14.7 Å². The minimum atomic E-state index is -0.952. The number of carboxylic acids is 1. The molecule has 1 aromatic carbocycles. The highest BCUT2D eigenvalue weighted by molar-refractivity contribution is 5.94. The van der Waals surface area contributed by atoms with Crippen molar-refractivity contribution in [3.8, 4) is 5.69 Å². The van der Waals surface area contributed by atoms with Crippen molar-refractivity contribution in [2.75, 3.05) is 13.7 Å². The number of amides is 1. The number of methoxy groups -OCH3 is 1. The van der Waals surface area contributed by atoms with E-state index in [0.29, 0.717) is 18.7 Å². The first-order chi connectivity index (χ1) is 14.0. The Bertz CT molecular complexity index is 1070. The minimum Gasteiger partial charge on any atom is -0.481 e. The second-order valence-electron chi connectivity index (χ2n) is 7.09. The lowest BCUT2D eigenvalue weighted by atomic mass is 10.1. The third kappa shape index (κ3) is 3.44. The standard InChI is InChI=1S/C20H21N5O4/c1-12-18(20(28)24-11-15(29-2)9-14(24)10-17(26)27)22-23-25(12)16-7-3-5-13-6-4-8-21-19(13)16/h3-8,14-15H,9-11H2,1-2H3,(H,26,27). The number of aliphatic carboxylic acids is 1. The molecule has 1 N–H and O–H groups in total. The van der Waals surface area contributed by atoms with E-state index >= 15 is 0 Å². The quantitative estimate of drug-likeness (QED) is 0.702. The number of carbonyl (C=O) groups is 2. The smallest absolute Gasteiger partial charge is 0.305 e. The summed E-state index contributed by atoms with van der Waals surface area (Å²) in [6, 6.07) is 9.10. The SMILES string of the molecule is COC1CC(CC(=O)O)N(C(=O)c2nnn(-c3cccc4cccnc34)c2C)C1. The van der Waals surface area contributed by atoms with Crippen molar-refractivity contribution < 1.29 is 19.4 Å². The van der Waals surface area contributed by atoms with Crippen LogP contribution in [-0.4, -0.2) is 67.7 Å². The van der Waals surface area contributed by atoms with Crippen LogP contribution in [0, 0.1) is 6.92 Å². The lowest BCUT2D eigenvalue weighted by Gasteiger charge is -2.22. The molecule has 0 aliphatic carbocycles. The molecule has 0 radical (unpaired) electrons. The van der Waals surface area contributed by atoms with E-state index in [1.54, 1.807) is 24.9 Å². The lowest BCUT2D eigenvalue weighted by molar-refractivity contribution is -0.138. The largest absolute Gasteiger partial charge is 0.481 e. The first-order valence-electron chi connectivity index (χ1n) is 9.31. The molecule has 9 nitrogen and oxygen atoms in total. The molecule has 0 bridgehead atoms. The van der Waals surface area contributed by atoms with E-state index in [-0.39, 0.29) is 24.1 Å². The second kappa shape index (κ2) is 7.59. The van der Waals surface area contributed by atoms with Gasteiger partial charge in [0.25, 0.3) is 5.91 Å². The molecule has 4 rings (SSSR count). The van der Waals surface area contributed by atoms with Gasteiger partial charge in [0.15, 0.2) is 5.69 Å². The fourth-order valence-corrected chi connectivity index (χ4v) is 3.84. The van der Waals surface area contributed by atoms with Crippen molar-refractivity contribution >= 4 is 22.8 Å². The summed E-state index contributed by atoms with van der Waals surface area (Å²) in [5.74, 6) is -1.29. The molecule has 0 saturated carbocycles. The molecule has 29 heavy (non-hydrogen) atoms. The minimum absolute atomic E-state index is 0.133. The van der Waals surface area contributed by atoms with Crippen LogP contribution in [0.25, 0.3) is 16.6 Å². The molecule has 1 saturated heterocycles. The first kappa shape index (κ1) is 19.0. The van der Waals surface area contributed by atoms with E-state index in [1.165, 1.54) is 4.90 Å². The number of carbonyl (C=O) groups excluding carboxylic acids is 1. The summed E-state index contributed by atoms with van der Waals surface area (Å²) in [5.41, 5.74) is 2.25. The van der Waals surface area contributed by atoms with Gasteiger partial charge < -0.3 is 14.7 Å². The maximum atomic E-state index is 13.2. The highest BCUT2D eigenvalue weighted by Crippen LogP contribution is 2.26. The highest BCUT2D eigenvalue weighted by atomic mass is 16.5. The zero-order valence-corrected chi connectivity index (χ0v) is 16.1. The number of para-hydroxylation sites is 1. The van der Waals surface area contributed by atoms with Crippen LogP contribution in [0.1, 0.15) is 29.0 Å². The number of fused-ring (bicyclic) bond motifs is 1. The Morgan fingerprint density at radius 1 is 1.28 bits per heavy atom. The molecule has 3 heterocycles. The van der Waals surface area contributed by atoms with Crippen molar-refractivity contribution in [1.82, 2.24) is 24.9 Å². The Hall–Kier alpha value is -3.33. The Balaban J connectivity index is 1.69. The molecule has 3 aromatic rings. The molecule has 0 spiro atoms. The Morgan fingerprint density at radius 2 is 2.07 bits per heavy atom. The molecule has 9 heteroatoms. The number of carboxylic acid groups (broad SMARTS) is 1. The third-order valence-corrected chi connectivity index (χ3v) is 5.32. The van der Waals surface area contributed by atoms with Crippen LogP contribution in [0.5, 0.6) is 0 Å².